The number of nitrogens with zero attached hydrogens (tertiary/aromatic N) is 3. The van der Waals surface area contributed by atoms with E-state index in [1.807, 2.05) is 114 Å². The van der Waals surface area contributed by atoms with Gasteiger partial charge in [0.15, 0.2) is 0 Å². The molecule has 8 nitrogen and oxygen atoms in total. The molecule has 2 amide bonds. The number of halogens is 1. The Morgan fingerprint density at radius 3 is 2.40 bits per heavy atom. The van der Waals surface area contributed by atoms with Gasteiger partial charge in [0.1, 0.15) is 24.0 Å². The maximum Gasteiger partial charge on any atom is 0.270 e. The number of aromatic nitrogens is 1. The molecule has 1 aromatic heterocycles. The fourth-order valence-electron chi connectivity index (χ4n) is 5.24. The van der Waals surface area contributed by atoms with Gasteiger partial charge in [0.2, 0.25) is 0 Å². The first-order chi connectivity index (χ1) is 21.0. The van der Waals surface area contributed by atoms with Crippen molar-refractivity contribution in [1.82, 2.24) is 15.3 Å². The average Bonchev–Trinajstić information content (AvgIpc) is 3.38. The van der Waals surface area contributed by atoms with Crippen LogP contribution < -0.4 is 15.5 Å². The number of hydrazone groups is 1. The second-order valence-corrected chi connectivity index (χ2v) is 11.0. The number of ether oxygens (including phenoxy) is 1. The number of aliphatic imine (C=N–C) groups is 1. The molecule has 4 aromatic carbocycles. The predicted octanol–water partition coefficient (Wildman–Crippen LogP) is 5.96. The summed E-state index contributed by atoms with van der Waals surface area (Å²) in [5.41, 5.74) is 7.15. The molecule has 6 rings (SSSR count). The van der Waals surface area contributed by atoms with Crippen molar-refractivity contribution in [2.45, 2.75) is 18.6 Å². The number of benzene rings is 4. The number of methoxy groups -OCH3 is 1. The number of hydrogen-bond donors (Lipinski definition) is 2. The van der Waals surface area contributed by atoms with Crippen molar-refractivity contribution in [3.8, 4) is 5.75 Å². The summed E-state index contributed by atoms with van der Waals surface area (Å²) in [4.78, 5) is 31.7. The van der Waals surface area contributed by atoms with Crippen molar-refractivity contribution in [3.05, 3.63) is 136 Å². The van der Waals surface area contributed by atoms with Crippen LogP contribution in [0.1, 0.15) is 34.3 Å². The van der Waals surface area contributed by atoms with E-state index >= 15 is 0 Å². The van der Waals surface area contributed by atoms with Gasteiger partial charge in [-0.15, -0.1) is 0 Å². The topological polar surface area (TPSA) is 97.1 Å². The molecule has 0 aliphatic carbocycles. The fraction of sp³-hybridized carbons (Fsp3) is 0.118. The molecular formula is C34H28BrN5O3. The molecule has 1 aliphatic rings. The molecule has 2 N–H and O–H groups in total. The quantitative estimate of drug-likeness (QED) is 0.163. The van der Waals surface area contributed by atoms with Gasteiger partial charge in [-0.05, 0) is 59.2 Å². The Morgan fingerprint density at radius 1 is 1.00 bits per heavy atom. The molecular weight excluding hydrogens is 606 g/mol. The average molecular weight is 635 g/mol. The van der Waals surface area contributed by atoms with Gasteiger partial charge in [0.05, 0.1) is 19.4 Å². The molecule has 0 spiro atoms. The van der Waals surface area contributed by atoms with Crippen molar-refractivity contribution in [3.63, 3.8) is 0 Å². The highest BCUT2D eigenvalue weighted by molar-refractivity contribution is 9.10. The predicted molar refractivity (Wildman–Crippen MR) is 171 cm³/mol. The zero-order valence-electron chi connectivity index (χ0n) is 23.3. The Kier molecular flexibility index (Phi) is 8.15. The summed E-state index contributed by atoms with van der Waals surface area (Å²) in [6.07, 6.45) is 3.38. The maximum absolute atomic E-state index is 13.7. The number of nitrogens with one attached hydrogen (secondary N) is 2. The van der Waals surface area contributed by atoms with Gasteiger partial charge in [-0.1, -0.05) is 76.6 Å². The lowest BCUT2D eigenvalue weighted by Crippen LogP contribution is -2.42. The SMILES string of the molecule is COc1ccc(/C=N/NC(=O)Cn2cc(C3=N[C@@H](c4ccccc4)[C@H](c4ccccc4)NC3=O)c3cc(Br)ccc32)cc1. The first-order valence-corrected chi connectivity index (χ1v) is 14.5. The molecule has 214 valence electrons. The Bertz CT molecular complexity index is 1830. The van der Waals surface area contributed by atoms with E-state index in [0.717, 1.165) is 37.8 Å². The number of carbonyl (C=O) groups is 2. The summed E-state index contributed by atoms with van der Waals surface area (Å²) < 4.78 is 7.84. The summed E-state index contributed by atoms with van der Waals surface area (Å²) in [7, 11) is 1.61. The minimum absolute atomic E-state index is 0.00172. The Labute approximate surface area is 257 Å². The second kappa shape index (κ2) is 12.5. The van der Waals surface area contributed by atoms with E-state index in [4.69, 9.17) is 9.73 Å². The summed E-state index contributed by atoms with van der Waals surface area (Å²) in [5, 5.41) is 8.12. The maximum atomic E-state index is 13.7. The van der Waals surface area contributed by atoms with Gasteiger partial charge < -0.3 is 14.6 Å². The lowest BCUT2D eigenvalue weighted by Gasteiger charge is -2.31. The van der Waals surface area contributed by atoms with Crippen LogP contribution >= 0.6 is 15.9 Å². The normalized spacial score (nSPS) is 16.6. The monoisotopic (exact) mass is 633 g/mol. The van der Waals surface area contributed by atoms with Crippen molar-refractivity contribution in [2.75, 3.05) is 7.11 Å². The zero-order chi connectivity index (χ0) is 29.8. The molecule has 1 aliphatic heterocycles. The molecule has 2 atom stereocenters. The Morgan fingerprint density at radius 2 is 1.70 bits per heavy atom. The van der Waals surface area contributed by atoms with Crippen LogP contribution in [0, 0.1) is 0 Å². The lowest BCUT2D eigenvalue weighted by atomic mass is 9.91. The van der Waals surface area contributed by atoms with Crippen molar-refractivity contribution >= 4 is 50.6 Å². The van der Waals surface area contributed by atoms with Crippen LogP contribution in [0.15, 0.2) is 124 Å². The molecule has 43 heavy (non-hydrogen) atoms. The van der Waals surface area contributed by atoms with E-state index < -0.39 is 0 Å². The molecule has 0 unspecified atom stereocenters. The number of rotatable bonds is 8. The third-order valence-corrected chi connectivity index (χ3v) is 7.81. The van der Waals surface area contributed by atoms with Gasteiger partial charge in [-0.25, -0.2) is 5.43 Å². The van der Waals surface area contributed by atoms with Crippen LogP contribution in [0.25, 0.3) is 10.9 Å². The number of hydrogen-bond acceptors (Lipinski definition) is 5. The summed E-state index contributed by atoms with van der Waals surface area (Å²) >= 11 is 3.56. The molecule has 5 aromatic rings. The minimum atomic E-state index is -0.336. The highest BCUT2D eigenvalue weighted by Gasteiger charge is 2.34. The molecule has 0 radical (unpaired) electrons. The van der Waals surface area contributed by atoms with E-state index in [1.165, 1.54) is 0 Å². The van der Waals surface area contributed by atoms with Crippen LogP contribution in [-0.4, -0.2) is 35.4 Å². The van der Waals surface area contributed by atoms with E-state index in [1.54, 1.807) is 13.3 Å². The molecule has 0 bridgehead atoms. The smallest absolute Gasteiger partial charge is 0.270 e. The van der Waals surface area contributed by atoms with Gasteiger partial charge in [-0.2, -0.15) is 5.10 Å². The van der Waals surface area contributed by atoms with Gasteiger partial charge in [-0.3, -0.25) is 14.6 Å². The fourth-order valence-corrected chi connectivity index (χ4v) is 5.60. The highest BCUT2D eigenvalue weighted by atomic mass is 79.9. The third kappa shape index (κ3) is 6.12. The number of fused-ring (bicyclic) bond motifs is 1. The molecule has 2 heterocycles. The second-order valence-electron chi connectivity index (χ2n) is 10.1. The minimum Gasteiger partial charge on any atom is -0.497 e. The van der Waals surface area contributed by atoms with Crippen LogP contribution in [-0.2, 0) is 16.1 Å². The van der Waals surface area contributed by atoms with E-state index in [2.05, 4.69) is 31.8 Å². The number of carbonyl (C=O) groups excluding carboxylic acids is 2. The number of amides is 2. The highest BCUT2D eigenvalue weighted by Crippen LogP contribution is 2.37. The van der Waals surface area contributed by atoms with Crippen molar-refractivity contribution < 1.29 is 14.3 Å². The first kappa shape index (κ1) is 28.1. The third-order valence-electron chi connectivity index (χ3n) is 7.32. The van der Waals surface area contributed by atoms with Crippen LogP contribution in [0.3, 0.4) is 0 Å². The first-order valence-electron chi connectivity index (χ1n) is 13.7. The summed E-state index contributed by atoms with van der Waals surface area (Å²) in [6, 6.07) is 32.3. The Balaban J connectivity index is 1.32. The summed E-state index contributed by atoms with van der Waals surface area (Å²) in [6.45, 7) is 0.00172. The van der Waals surface area contributed by atoms with E-state index in [-0.39, 0.29) is 30.4 Å². The molecule has 0 fully saturated rings. The van der Waals surface area contributed by atoms with Gasteiger partial charge in [0.25, 0.3) is 11.8 Å². The molecule has 0 saturated carbocycles. The van der Waals surface area contributed by atoms with Gasteiger partial charge >= 0.3 is 0 Å². The Hall–Kier alpha value is -5.02. The van der Waals surface area contributed by atoms with Crippen molar-refractivity contribution in [2.24, 2.45) is 10.1 Å². The zero-order valence-corrected chi connectivity index (χ0v) is 24.9. The standard InChI is InChI=1S/C34H28BrN5O3/c1-43-26-15-12-22(13-16-26)19-36-39-30(41)21-40-20-28(27-18-25(35)14-17-29(27)40)33-34(42)38-32(24-10-6-3-7-11-24)31(37-33)23-8-4-2-5-9-23/h2-20,31-32H,21H2,1H3,(H,38,42)(H,39,41)/b36-19+/t31-,32-/m0/s1. The van der Waals surface area contributed by atoms with Crippen molar-refractivity contribution in [1.29, 1.82) is 0 Å². The largest absolute Gasteiger partial charge is 0.497 e. The van der Waals surface area contributed by atoms with Crippen LogP contribution in [0.2, 0.25) is 0 Å². The van der Waals surface area contributed by atoms with E-state index in [0.29, 0.717) is 11.3 Å². The van der Waals surface area contributed by atoms with Crippen LogP contribution in [0.4, 0.5) is 0 Å². The molecule has 0 saturated heterocycles. The lowest BCUT2D eigenvalue weighted by molar-refractivity contribution is -0.121. The van der Waals surface area contributed by atoms with E-state index in [9.17, 15) is 9.59 Å². The molecule has 9 heteroatoms. The van der Waals surface area contributed by atoms with Crippen LogP contribution in [0.5, 0.6) is 5.75 Å². The summed E-state index contributed by atoms with van der Waals surface area (Å²) in [5.74, 6) is 0.163. The van der Waals surface area contributed by atoms with Gasteiger partial charge in [0, 0.05) is 27.1 Å².